The fourth-order valence-electron chi connectivity index (χ4n) is 2.94. The minimum absolute atomic E-state index is 0.191. The normalized spacial score (nSPS) is 11.8. The lowest BCUT2D eigenvalue weighted by atomic mass is 10.2. The van der Waals surface area contributed by atoms with Crippen LogP contribution in [-0.4, -0.2) is 24.8 Å². The van der Waals surface area contributed by atoms with Crippen LogP contribution in [-0.2, 0) is 13.1 Å². The molecule has 0 saturated heterocycles. The van der Waals surface area contributed by atoms with Crippen LogP contribution in [0.3, 0.4) is 0 Å². The molecule has 3 aromatic rings. The van der Waals surface area contributed by atoms with Crippen LogP contribution in [0.15, 0.2) is 60.9 Å². The highest BCUT2D eigenvalue weighted by atomic mass is 16.7. The summed E-state index contributed by atoms with van der Waals surface area (Å²) >= 11 is 0. The molecule has 0 bridgehead atoms. The summed E-state index contributed by atoms with van der Waals surface area (Å²) in [6.07, 6.45) is 3.24. The first-order valence-corrected chi connectivity index (χ1v) is 9.20. The minimum Gasteiger partial charge on any atom is -0.497 e. The fourth-order valence-corrected chi connectivity index (χ4v) is 2.94. The summed E-state index contributed by atoms with van der Waals surface area (Å²) in [6, 6.07) is 15.2. The molecule has 148 valence electrons. The van der Waals surface area contributed by atoms with E-state index in [0.717, 1.165) is 28.3 Å². The molecule has 7 nitrogen and oxygen atoms in total. The number of carbonyl (C=O) groups excluding carboxylic acids is 1. The Hall–Kier alpha value is -3.74. The maximum Gasteiger partial charge on any atom is 0.253 e. The summed E-state index contributed by atoms with van der Waals surface area (Å²) in [5.74, 6) is 2.04. The lowest BCUT2D eigenvalue weighted by Crippen LogP contribution is -2.23. The molecule has 4 rings (SSSR count). The molecule has 1 aliphatic rings. The Labute approximate surface area is 168 Å². The topological polar surface area (TPSA) is 81.7 Å². The van der Waals surface area contributed by atoms with Gasteiger partial charge in [0.1, 0.15) is 5.75 Å². The third-order valence-electron chi connectivity index (χ3n) is 4.55. The molecule has 0 spiro atoms. The molecule has 1 aliphatic heterocycles. The molecule has 7 heteroatoms. The number of fused-ring (bicyclic) bond motifs is 1. The van der Waals surface area contributed by atoms with Gasteiger partial charge in [-0.2, -0.15) is 0 Å². The number of nitrogens with one attached hydrogen (secondary N) is 2. The average molecular weight is 391 g/mol. The van der Waals surface area contributed by atoms with Gasteiger partial charge in [-0.1, -0.05) is 18.2 Å². The predicted octanol–water partition coefficient (Wildman–Crippen LogP) is 3.36. The number of aromatic nitrogens is 1. The van der Waals surface area contributed by atoms with Crippen molar-refractivity contribution < 1.29 is 19.0 Å². The highest BCUT2D eigenvalue weighted by Gasteiger charge is 2.14. The SMILES string of the molecule is COc1ccc(CNc2cncc(C(=O)NCc3ccc4c(c3)OCO4)c2)cc1. The molecule has 0 atom stereocenters. The summed E-state index contributed by atoms with van der Waals surface area (Å²) in [5, 5.41) is 6.19. The Balaban J connectivity index is 1.34. The van der Waals surface area contributed by atoms with Gasteiger partial charge >= 0.3 is 0 Å². The molecule has 0 unspecified atom stereocenters. The summed E-state index contributed by atoms with van der Waals surface area (Å²) in [7, 11) is 1.64. The first-order chi connectivity index (χ1) is 14.2. The molecule has 29 heavy (non-hydrogen) atoms. The van der Waals surface area contributed by atoms with E-state index in [2.05, 4.69) is 15.6 Å². The molecule has 0 fully saturated rings. The van der Waals surface area contributed by atoms with Crippen LogP contribution >= 0.6 is 0 Å². The van der Waals surface area contributed by atoms with Gasteiger partial charge < -0.3 is 24.8 Å². The van der Waals surface area contributed by atoms with Crippen molar-refractivity contribution in [1.29, 1.82) is 0 Å². The number of hydrogen-bond acceptors (Lipinski definition) is 6. The fraction of sp³-hybridized carbons (Fsp3) is 0.182. The molecule has 2 N–H and O–H groups in total. The highest BCUT2D eigenvalue weighted by Crippen LogP contribution is 2.32. The number of pyridine rings is 1. The molecule has 1 aromatic heterocycles. The van der Waals surface area contributed by atoms with Gasteiger partial charge in [-0.15, -0.1) is 0 Å². The van der Waals surface area contributed by atoms with Gasteiger partial charge in [0.15, 0.2) is 11.5 Å². The first-order valence-electron chi connectivity index (χ1n) is 9.20. The molecular weight excluding hydrogens is 370 g/mol. The second-order valence-electron chi connectivity index (χ2n) is 6.53. The van der Waals surface area contributed by atoms with E-state index in [0.29, 0.717) is 24.4 Å². The lowest BCUT2D eigenvalue weighted by molar-refractivity contribution is 0.0950. The smallest absolute Gasteiger partial charge is 0.253 e. The Morgan fingerprint density at radius 1 is 1.00 bits per heavy atom. The number of hydrogen-bond donors (Lipinski definition) is 2. The Bertz CT molecular complexity index is 1010. The molecule has 0 aliphatic carbocycles. The molecular formula is C22H21N3O4. The van der Waals surface area contributed by atoms with Gasteiger partial charge in [0.25, 0.3) is 5.91 Å². The third kappa shape index (κ3) is 4.57. The van der Waals surface area contributed by atoms with Crippen LogP contribution in [0, 0.1) is 0 Å². The number of methoxy groups -OCH3 is 1. The van der Waals surface area contributed by atoms with Gasteiger partial charge in [0.05, 0.1) is 18.4 Å². The molecule has 0 saturated carbocycles. The van der Waals surface area contributed by atoms with Gasteiger partial charge in [0, 0.05) is 25.5 Å². The Kier molecular flexibility index (Phi) is 5.47. The van der Waals surface area contributed by atoms with Crippen molar-refractivity contribution in [2.45, 2.75) is 13.1 Å². The number of anilines is 1. The van der Waals surface area contributed by atoms with Crippen molar-refractivity contribution in [1.82, 2.24) is 10.3 Å². The monoisotopic (exact) mass is 391 g/mol. The van der Waals surface area contributed by atoms with Crippen LogP contribution in [0.5, 0.6) is 17.2 Å². The maximum atomic E-state index is 12.5. The van der Waals surface area contributed by atoms with Crippen molar-refractivity contribution in [2.75, 3.05) is 19.2 Å². The van der Waals surface area contributed by atoms with E-state index >= 15 is 0 Å². The Morgan fingerprint density at radius 2 is 1.79 bits per heavy atom. The van der Waals surface area contributed by atoms with E-state index in [-0.39, 0.29) is 12.7 Å². The third-order valence-corrected chi connectivity index (χ3v) is 4.55. The van der Waals surface area contributed by atoms with Crippen molar-refractivity contribution in [2.24, 2.45) is 0 Å². The largest absolute Gasteiger partial charge is 0.497 e. The quantitative estimate of drug-likeness (QED) is 0.643. The summed E-state index contributed by atoms with van der Waals surface area (Å²) in [6.45, 7) is 1.24. The molecule has 2 heterocycles. The standard InChI is InChI=1S/C22H21N3O4/c1-27-19-5-2-15(3-6-19)10-24-18-9-17(12-23-13-18)22(26)25-11-16-4-7-20-21(8-16)29-14-28-20/h2-9,12-13,24H,10-11,14H2,1H3,(H,25,26). The van der Waals surface area contributed by atoms with Crippen molar-refractivity contribution in [3.63, 3.8) is 0 Å². The summed E-state index contributed by atoms with van der Waals surface area (Å²) < 4.78 is 15.8. The second kappa shape index (κ2) is 8.52. The number of carbonyl (C=O) groups is 1. The van der Waals surface area contributed by atoms with Gasteiger partial charge in [-0.25, -0.2) is 0 Å². The van der Waals surface area contributed by atoms with E-state index in [1.54, 1.807) is 25.6 Å². The summed E-state index contributed by atoms with van der Waals surface area (Å²) in [4.78, 5) is 16.7. The molecule has 2 aromatic carbocycles. The average Bonchev–Trinajstić information content (AvgIpc) is 3.24. The van der Waals surface area contributed by atoms with E-state index in [4.69, 9.17) is 14.2 Å². The minimum atomic E-state index is -0.191. The van der Waals surface area contributed by atoms with Crippen molar-refractivity contribution in [3.8, 4) is 17.2 Å². The number of benzene rings is 2. The van der Waals surface area contributed by atoms with Gasteiger partial charge in [-0.05, 0) is 41.5 Å². The highest BCUT2D eigenvalue weighted by molar-refractivity contribution is 5.94. The van der Waals surface area contributed by atoms with E-state index in [1.807, 2.05) is 42.5 Å². The zero-order valence-electron chi connectivity index (χ0n) is 16.0. The Morgan fingerprint density at radius 3 is 2.62 bits per heavy atom. The predicted molar refractivity (Wildman–Crippen MR) is 108 cm³/mol. The van der Waals surface area contributed by atoms with Gasteiger partial charge in [-0.3, -0.25) is 9.78 Å². The van der Waals surface area contributed by atoms with Gasteiger partial charge in [0.2, 0.25) is 6.79 Å². The van der Waals surface area contributed by atoms with Crippen LogP contribution in [0.1, 0.15) is 21.5 Å². The van der Waals surface area contributed by atoms with Crippen molar-refractivity contribution in [3.05, 3.63) is 77.6 Å². The van der Waals surface area contributed by atoms with Crippen LogP contribution in [0.2, 0.25) is 0 Å². The van der Waals surface area contributed by atoms with E-state index in [1.165, 1.54) is 0 Å². The van der Waals surface area contributed by atoms with Crippen LogP contribution < -0.4 is 24.8 Å². The number of ether oxygens (including phenoxy) is 3. The van der Waals surface area contributed by atoms with Crippen LogP contribution in [0.4, 0.5) is 5.69 Å². The molecule has 0 radical (unpaired) electrons. The second-order valence-corrected chi connectivity index (χ2v) is 6.53. The summed E-state index contributed by atoms with van der Waals surface area (Å²) in [5.41, 5.74) is 3.30. The number of nitrogens with zero attached hydrogens (tertiary/aromatic N) is 1. The first kappa shape index (κ1) is 18.6. The van der Waals surface area contributed by atoms with Crippen molar-refractivity contribution >= 4 is 11.6 Å². The van der Waals surface area contributed by atoms with E-state index in [9.17, 15) is 4.79 Å². The molecule has 1 amide bonds. The lowest BCUT2D eigenvalue weighted by Gasteiger charge is -2.09. The zero-order chi connectivity index (χ0) is 20.1. The van der Waals surface area contributed by atoms with E-state index < -0.39 is 0 Å². The maximum absolute atomic E-state index is 12.5. The zero-order valence-corrected chi connectivity index (χ0v) is 16.0. The number of rotatable bonds is 7. The van der Waals surface area contributed by atoms with Crippen LogP contribution in [0.25, 0.3) is 0 Å². The number of amides is 1.